The average molecular weight is 541 g/mol. The number of rotatable bonds is 6. The van der Waals surface area contributed by atoms with E-state index in [9.17, 15) is 22.8 Å². The van der Waals surface area contributed by atoms with Gasteiger partial charge in [-0.2, -0.15) is 18.0 Å². The molecule has 1 heterocycles. The summed E-state index contributed by atoms with van der Waals surface area (Å²) < 4.78 is 39.4. The molecule has 1 aliphatic carbocycles. The van der Waals surface area contributed by atoms with Crippen LogP contribution in [0.5, 0.6) is 0 Å². The second-order valence-corrected chi connectivity index (χ2v) is 10.4. The Morgan fingerprint density at radius 3 is 2.42 bits per heavy atom. The number of nitrogens with one attached hydrogen (secondary N) is 3. The van der Waals surface area contributed by atoms with Crippen molar-refractivity contribution in [2.75, 3.05) is 0 Å². The largest absolute Gasteiger partial charge is 0.416 e. The van der Waals surface area contributed by atoms with Gasteiger partial charge < -0.3 is 10.6 Å². The summed E-state index contributed by atoms with van der Waals surface area (Å²) in [5.41, 5.74) is -0.139. The second-order valence-electron chi connectivity index (χ2n) is 9.02. The Kier molecular flexibility index (Phi) is 8.82. The molecule has 2 aliphatic rings. The highest BCUT2D eigenvalue weighted by Gasteiger charge is 2.44. The van der Waals surface area contributed by atoms with Gasteiger partial charge in [0.15, 0.2) is 0 Å². The molecular weight excluding hydrogens is 513 g/mol. The van der Waals surface area contributed by atoms with Gasteiger partial charge in [-0.05, 0) is 60.7 Å². The SMILES string of the molecule is O=C(NC1SNN(C2CCCCCC2)C1C(=O)NCc1ccc(Cl)cc1)c1cccc(C(F)(F)F)c1. The standard InChI is InChI=1S/C25H28ClF3N4O2S/c26-19-12-10-16(11-13-19)15-30-23(35)21-24(36-32-33(21)20-8-3-1-2-4-9-20)31-22(34)17-6-5-7-18(14-17)25(27,28)29/h5-7,10-14,20-21,24,32H,1-4,8-9,15H2,(H,30,35)(H,31,34). The van der Waals surface area contributed by atoms with Crippen LogP contribution in [0.15, 0.2) is 48.5 Å². The summed E-state index contributed by atoms with van der Waals surface area (Å²) in [6.07, 6.45) is 1.66. The number of hydrogen-bond donors (Lipinski definition) is 3. The van der Waals surface area contributed by atoms with Crippen molar-refractivity contribution in [3.8, 4) is 0 Å². The van der Waals surface area contributed by atoms with Crippen molar-refractivity contribution in [3.63, 3.8) is 0 Å². The fourth-order valence-electron chi connectivity index (χ4n) is 4.54. The summed E-state index contributed by atoms with van der Waals surface area (Å²) >= 11 is 7.13. The Balaban J connectivity index is 1.51. The maximum Gasteiger partial charge on any atom is 0.416 e. The minimum Gasteiger partial charge on any atom is -0.351 e. The molecule has 1 saturated heterocycles. The molecule has 0 spiro atoms. The third kappa shape index (κ3) is 6.73. The molecular formula is C25H28ClF3N4O2S. The number of alkyl halides is 3. The minimum atomic E-state index is -4.56. The van der Waals surface area contributed by atoms with E-state index in [2.05, 4.69) is 15.5 Å². The van der Waals surface area contributed by atoms with Gasteiger partial charge in [0.1, 0.15) is 11.4 Å². The normalized spacial score (nSPS) is 21.7. The molecule has 2 atom stereocenters. The lowest BCUT2D eigenvalue weighted by Crippen LogP contribution is -2.56. The first-order valence-corrected chi connectivity index (χ1v) is 13.2. The zero-order valence-corrected chi connectivity index (χ0v) is 21.1. The quantitative estimate of drug-likeness (QED) is 0.343. The molecule has 2 fully saturated rings. The van der Waals surface area contributed by atoms with E-state index in [-0.39, 0.29) is 24.1 Å². The van der Waals surface area contributed by atoms with Crippen LogP contribution in [0.2, 0.25) is 5.02 Å². The summed E-state index contributed by atoms with van der Waals surface area (Å²) in [5, 5.41) is 7.52. The zero-order valence-electron chi connectivity index (χ0n) is 19.5. The molecule has 36 heavy (non-hydrogen) atoms. The van der Waals surface area contributed by atoms with Crippen molar-refractivity contribution >= 4 is 35.4 Å². The van der Waals surface area contributed by atoms with Gasteiger partial charge in [0.2, 0.25) is 5.91 Å². The molecule has 6 nitrogen and oxygen atoms in total. The predicted molar refractivity (Wildman–Crippen MR) is 134 cm³/mol. The topological polar surface area (TPSA) is 73.5 Å². The van der Waals surface area contributed by atoms with Gasteiger partial charge in [-0.15, -0.1) is 0 Å². The van der Waals surface area contributed by atoms with Crippen LogP contribution < -0.4 is 15.5 Å². The van der Waals surface area contributed by atoms with E-state index in [0.717, 1.165) is 56.2 Å². The highest BCUT2D eigenvalue weighted by atomic mass is 35.5. The molecule has 1 saturated carbocycles. The number of hydrazine groups is 1. The van der Waals surface area contributed by atoms with Gasteiger partial charge in [-0.3, -0.25) is 9.59 Å². The summed E-state index contributed by atoms with van der Waals surface area (Å²) in [7, 11) is 0. The van der Waals surface area contributed by atoms with Gasteiger partial charge in [0.05, 0.1) is 5.56 Å². The van der Waals surface area contributed by atoms with E-state index in [4.69, 9.17) is 11.6 Å². The van der Waals surface area contributed by atoms with Crippen molar-refractivity contribution in [1.29, 1.82) is 0 Å². The molecule has 2 amide bonds. The maximum absolute atomic E-state index is 13.4. The number of amides is 2. The first-order valence-electron chi connectivity index (χ1n) is 11.9. The first-order chi connectivity index (χ1) is 17.2. The van der Waals surface area contributed by atoms with Crippen molar-refractivity contribution in [1.82, 2.24) is 20.5 Å². The first kappa shape index (κ1) is 26.8. The van der Waals surface area contributed by atoms with Crippen LogP contribution in [0.25, 0.3) is 0 Å². The summed E-state index contributed by atoms with van der Waals surface area (Å²) in [6.45, 7) is 0.282. The average Bonchev–Trinajstić information content (AvgIpc) is 3.08. The summed E-state index contributed by atoms with van der Waals surface area (Å²) in [4.78, 5) is 29.5. The van der Waals surface area contributed by atoms with Crippen LogP contribution in [0, 0.1) is 0 Å². The van der Waals surface area contributed by atoms with Crippen LogP contribution in [0.3, 0.4) is 0 Å². The smallest absolute Gasteiger partial charge is 0.351 e. The van der Waals surface area contributed by atoms with E-state index in [0.29, 0.717) is 5.02 Å². The minimum absolute atomic E-state index is 0.112. The Morgan fingerprint density at radius 1 is 1.06 bits per heavy atom. The second kappa shape index (κ2) is 11.9. The summed E-state index contributed by atoms with van der Waals surface area (Å²) in [5.74, 6) is -0.945. The molecule has 1 aliphatic heterocycles. The van der Waals surface area contributed by atoms with E-state index in [1.54, 1.807) is 12.1 Å². The molecule has 0 bridgehead atoms. The monoisotopic (exact) mass is 540 g/mol. The van der Waals surface area contributed by atoms with Crippen LogP contribution in [0.4, 0.5) is 13.2 Å². The molecule has 0 aromatic heterocycles. The fourth-order valence-corrected chi connectivity index (χ4v) is 5.71. The number of carbonyl (C=O) groups excluding carboxylic acids is 2. The maximum atomic E-state index is 13.4. The Hall–Kier alpha value is -2.27. The van der Waals surface area contributed by atoms with E-state index in [1.807, 2.05) is 17.1 Å². The van der Waals surface area contributed by atoms with E-state index < -0.39 is 29.1 Å². The molecule has 2 unspecified atom stereocenters. The lowest BCUT2D eigenvalue weighted by Gasteiger charge is -2.32. The molecule has 3 N–H and O–H groups in total. The van der Waals surface area contributed by atoms with Crippen LogP contribution in [-0.2, 0) is 17.5 Å². The highest BCUT2D eigenvalue weighted by molar-refractivity contribution is 7.98. The molecule has 4 rings (SSSR count). The molecule has 2 aromatic carbocycles. The third-order valence-corrected chi connectivity index (χ3v) is 7.66. The zero-order chi connectivity index (χ0) is 25.7. The van der Waals surface area contributed by atoms with E-state index in [1.165, 1.54) is 24.1 Å². The number of benzene rings is 2. The molecule has 0 radical (unpaired) electrons. The van der Waals surface area contributed by atoms with Crippen LogP contribution in [0.1, 0.15) is 60.0 Å². The van der Waals surface area contributed by atoms with Crippen LogP contribution in [-0.4, -0.2) is 34.3 Å². The predicted octanol–water partition coefficient (Wildman–Crippen LogP) is 5.29. The third-order valence-electron chi connectivity index (χ3n) is 6.46. The Bertz CT molecular complexity index is 1060. The molecule has 194 valence electrons. The highest BCUT2D eigenvalue weighted by Crippen LogP contribution is 2.32. The fraction of sp³-hybridized carbons (Fsp3) is 0.440. The molecule has 11 heteroatoms. The summed E-state index contributed by atoms with van der Waals surface area (Å²) in [6, 6.07) is 10.8. The Labute approximate surface area is 217 Å². The number of hydrogen-bond acceptors (Lipinski definition) is 5. The number of carbonyl (C=O) groups is 2. The van der Waals surface area contributed by atoms with Crippen LogP contribution >= 0.6 is 23.5 Å². The van der Waals surface area contributed by atoms with E-state index >= 15 is 0 Å². The number of halogens is 4. The Morgan fingerprint density at radius 2 is 1.75 bits per heavy atom. The van der Waals surface area contributed by atoms with Crippen molar-refractivity contribution in [3.05, 3.63) is 70.2 Å². The van der Waals surface area contributed by atoms with Crippen molar-refractivity contribution in [2.24, 2.45) is 0 Å². The van der Waals surface area contributed by atoms with Gasteiger partial charge >= 0.3 is 6.18 Å². The molecule has 2 aromatic rings. The van der Waals surface area contributed by atoms with Gasteiger partial charge in [-0.1, -0.05) is 55.5 Å². The van der Waals surface area contributed by atoms with Gasteiger partial charge in [0.25, 0.3) is 5.91 Å². The van der Waals surface area contributed by atoms with Crippen molar-refractivity contribution < 1.29 is 22.8 Å². The lowest BCUT2D eigenvalue weighted by molar-refractivity contribution is -0.137. The van der Waals surface area contributed by atoms with Crippen molar-refractivity contribution in [2.45, 2.75) is 68.7 Å². The number of nitrogens with zero attached hydrogens (tertiary/aromatic N) is 1. The lowest BCUT2D eigenvalue weighted by atomic mass is 10.1. The van der Waals surface area contributed by atoms with Gasteiger partial charge in [0, 0.05) is 23.2 Å². The van der Waals surface area contributed by atoms with Gasteiger partial charge in [-0.25, -0.2) is 5.01 Å².